The summed E-state index contributed by atoms with van der Waals surface area (Å²) in [4.78, 5) is 17.8. The van der Waals surface area contributed by atoms with Crippen LogP contribution < -0.4 is 4.90 Å². The van der Waals surface area contributed by atoms with Crippen molar-refractivity contribution in [3.63, 3.8) is 0 Å². The lowest BCUT2D eigenvalue weighted by molar-refractivity contribution is -0.137. The first-order valence-corrected chi connectivity index (χ1v) is 10.7. The van der Waals surface area contributed by atoms with E-state index in [0.717, 1.165) is 17.2 Å². The second-order valence-electron chi connectivity index (χ2n) is 7.37. The number of hydrogen-bond donors (Lipinski definition) is 0. The molecule has 0 radical (unpaired) electrons. The van der Waals surface area contributed by atoms with Gasteiger partial charge >= 0.3 is 0 Å². The molecule has 1 fully saturated rings. The monoisotopic (exact) mass is 411 g/mol. The molecule has 6 nitrogen and oxygen atoms in total. The molecule has 152 valence electrons. The van der Waals surface area contributed by atoms with Crippen molar-refractivity contribution in [1.82, 2.24) is 10.1 Å². The number of carbonyl (C=O) groups excluding carboxylic acids is 1. The molecule has 3 aromatic rings. The summed E-state index contributed by atoms with van der Waals surface area (Å²) >= 11 is 1.60. The van der Waals surface area contributed by atoms with Gasteiger partial charge in [0, 0.05) is 37.4 Å². The van der Waals surface area contributed by atoms with E-state index in [2.05, 4.69) is 48.2 Å². The van der Waals surface area contributed by atoms with E-state index < -0.39 is 0 Å². The van der Waals surface area contributed by atoms with Crippen LogP contribution in [-0.2, 0) is 16.1 Å². The van der Waals surface area contributed by atoms with Crippen LogP contribution in [-0.4, -0.2) is 48.2 Å². The molecule has 0 aliphatic carbocycles. The van der Waals surface area contributed by atoms with E-state index in [9.17, 15) is 4.79 Å². The molecular formula is C22H25N3O3S. The van der Waals surface area contributed by atoms with Crippen molar-refractivity contribution in [3.05, 3.63) is 59.1 Å². The Morgan fingerprint density at radius 2 is 2.17 bits per heavy atom. The first kappa shape index (κ1) is 19.7. The molecule has 1 amide bonds. The number of benzene rings is 1. The summed E-state index contributed by atoms with van der Waals surface area (Å²) in [6, 6.07) is 14.6. The zero-order valence-corrected chi connectivity index (χ0v) is 17.5. The Balaban J connectivity index is 1.25. The van der Waals surface area contributed by atoms with Gasteiger partial charge in [0.05, 0.1) is 11.5 Å². The van der Waals surface area contributed by atoms with Crippen LogP contribution in [0.1, 0.15) is 18.2 Å². The number of aryl methyl sites for hydroxylation is 1. The number of thiophene rings is 1. The van der Waals surface area contributed by atoms with Gasteiger partial charge in [-0.1, -0.05) is 23.4 Å². The van der Waals surface area contributed by atoms with E-state index in [1.165, 1.54) is 11.3 Å². The predicted octanol–water partition coefficient (Wildman–Crippen LogP) is 3.97. The van der Waals surface area contributed by atoms with Crippen molar-refractivity contribution < 1.29 is 14.1 Å². The molecule has 29 heavy (non-hydrogen) atoms. The van der Waals surface area contributed by atoms with Crippen LogP contribution in [0.4, 0.5) is 5.69 Å². The third kappa shape index (κ3) is 4.68. The first-order chi connectivity index (χ1) is 14.1. The van der Waals surface area contributed by atoms with Crippen molar-refractivity contribution in [2.75, 3.05) is 31.1 Å². The second kappa shape index (κ2) is 8.80. The summed E-state index contributed by atoms with van der Waals surface area (Å²) < 4.78 is 10.9. The Morgan fingerprint density at radius 3 is 2.93 bits per heavy atom. The van der Waals surface area contributed by atoms with Crippen LogP contribution in [0.5, 0.6) is 0 Å². The molecule has 1 atom stereocenters. The average Bonchev–Trinajstić information content (AvgIpc) is 3.39. The van der Waals surface area contributed by atoms with E-state index in [1.54, 1.807) is 11.3 Å². The lowest BCUT2D eigenvalue weighted by atomic mass is 10.1. The summed E-state index contributed by atoms with van der Waals surface area (Å²) in [5.74, 6) is 0.744. The Morgan fingerprint density at radius 1 is 1.28 bits per heavy atom. The number of rotatable bonds is 6. The van der Waals surface area contributed by atoms with E-state index >= 15 is 0 Å². The number of ether oxygens (including phenoxy) is 1. The smallest absolute Gasteiger partial charge is 0.248 e. The molecule has 0 spiro atoms. The molecule has 1 aromatic carbocycles. The molecule has 1 aliphatic rings. The molecular weight excluding hydrogens is 386 g/mol. The SMILES string of the molecule is Cc1cccc(N2CCN(C(=O)COCc3cc(-c4cccs4)on3)C[C@H]2C)c1. The largest absolute Gasteiger partial charge is 0.365 e. The highest BCUT2D eigenvalue weighted by atomic mass is 32.1. The van der Waals surface area contributed by atoms with Gasteiger partial charge in [0.15, 0.2) is 5.76 Å². The van der Waals surface area contributed by atoms with Crippen LogP contribution >= 0.6 is 11.3 Å². The fourth-order valence-electron chi connectivity index (χ4n) is 3.62. The number of anilines is 1. The van der Waals surface area contributed by atoms with E-state index in [-0.39, 0.29) is 25.2 Å². The molecule has 1 aliphatic heterocycles. The van der Waals surface area contributed by atoms with Crippen LogP contribution in [0.2, 0.25) is 0 Å². The van der Waals surface area contributed by atoms with Crippen molar-refractivity contribution in [1.29, 1.82) is 0 Å². The maximum absolute atomic E-state index is 12.6. The van der Waals surface area contributed by atoms with Gasteiger partial charge in [0.1, 0.15) is 12.3 Å². The van der Waals surface area contributed by atoms with Crippen molar-refractivity contribution in [2.45, 2.75) is 26.5 Å². The van der Waals surface area contributed by atoms with Gasteiger partial charge in [-0.25, -0.2) is 0 Å². The number of hydrogen-bond acceptors (Lipinski definition) is 6. The summed E-state index contributed by atoms with van der Waals surface area (Å²) in [5, 5.41) is 6.01. The molecule has 7 heteroatoms. The Hall–Kier alpha value is -2.64. The maximum Gasteiger partial charge on any atom is 0.248 e. The average molecular weight is 412 g/mol. The van der Waals surface area contributed by atoms with Crippen molar-refractivity contribution in [2.24, 2.45) is 0 Å². The molecule has 3 heterocycles. The van der Waals surface area contributed by atoms with Gasteiger partial charge in [-0.05, 0) is 43.0 Å². The molecule has 0 bridgehead atoms. The molecule has 4 rings (SSSR count). The minimum Gasteiger partial charge on any atom is -0.365 e. The van der Waals surface area contributed by atoms with Crippen LogP contribution in [0.25, 0.3) is 10.6 Å². The van der Waals surface area contributed by atoms with Crippen LogP contribution in [0.15, 0.2) is 52.4 Å². The lowest BCUT2D eigenvalue weighted by Gasteiger charge is -2.41. The topological polar surface area (TPSA) is 58.8 Å². The van der Waals surface area contributed by atoms with Crippen molar-refractivity contribution in [3.8, 4) is 10.6 Å². The second-order valence-corrected chi connectivity index (χ2v) is 8.32. The quantitative estimate of drug-likeness (QED) is 0.614. The number of amides is 1. The zero-order valence-electron chi connectivity index (χ0n) is 16.7. The highest BCUT2D eigenvalue weighted by Crippen LogP contribution is 2.25. The van der Waals surface area contributed by atoms with Gasteiger partial charge in [0.2, 0.25) is 5.91 Å². The number of carbonyl (C=O) groups is 1. The Kier molecular flexibility index (Phi) is 5.97. The van der Waals surface area contributed by atoms with Gasteiger partial charge < -0.3 is 19.1 Å². The molecule has 0 saturated carbocycles. The molecule has 2 aromatic heterocycles. The van der Waals surface area contributed by atoms with E-state index in [0.29, 0.717) is 18.8 Å². The number of aromatic nitrogens is 1. The van der Waals surface area contributed by atoms with Gasteiger partial charge in [-0.3, -0.25) is 4.79 Å². The Labute approximate surface area is 174 Å². The highest BCUT2D eigenvalue weighted by Gasteiger charge is 2.27. The standard InChI is InChI=1S/C22H25N3O3S/c1-16-5-3-6-19(11-16)25-9-8-24(13-17(25)2)22(26)15-27-14-18-12-20(28-23-18)21-7-4-10-29-21/h3-7,10-12,17H,8-9,13-15H2,1-2H3/t17-/m1/s1. The fraction of sp³-hybridized carbons (Fsp3) is 0.364. The summed E-state index contributed by atoms with van der Waals surface area (Å²) in [6.07, 6.45) is 0. The number of nitrogens with zero attached hydrogens (tertiary/aromatic N) is 3. The van der Waals surface area contributed by atoms with Crippen LogP contribution in [0, 0.1) is 6.92 Å². The van der Waals surface area contributed by atoms with E-state index in [4.69, 9.17) is 9.26 Å². The summed E-state index contributed by atoms with van der Waals surface area (Å²) in [7, 11) is 0. The molecule has 0 unspecified atom stereocenters. The first-order valence-electron chi connectivity index (χ1n) is 9.78. The predicted molar refractivity (Wildman–Crippen MR) is 114 cm³/mol. The van der Waals surface area contributed by atoms with Crippen LogP contribution in [0.3, 0.4) is 0 Å². The number of piperazine rings is 1. The Bertz CT molecular complexity index is 954. The minimum atomic E-state index is 0.0164. The maximum atomic E-state index is 12.6. The van der Waals surface area contributed by atoms with Crippen molar-refractivity contribution >= 4 is 22.9 Å². The summed E-state index contributed by atoms with van der Waals surface area (Å²) in [6.45, 7) is 6.80. The lowest BCUT2D eigenvalue weighted by Crippen LogP contribution is -2.54. The van der Waals surface area contributed by atoms with Gasteiger partial charge in [0.25, 0.3) is 0 Å². The fourth-order valence-corrected chi connectivity index (χ4v) is 4.30. The third-order valence-corrected chi connectivity index (χ3v) is 6.00. The highest BCUT2D eigenvalue weighted by molar-refractivity contribution is 7.13. The normalized spacial score (nSPS) is 17.0. The third-order valence-electron chi connectivity index (χ3n) is 5.11. The molecule has 1 saturated heterocycles. The zero-order chi connectivity index (χ0) is 20.2. The van der Waals surface area contributed by atoms with E-state index in [1.807, 2.05) is 28.5 Å². The van der Waals surface area contributed by atoms with Gasteiger partial charge in [-0.2, -0.15) is 0 Å². The molecule has 0 N–H and O–H groups in total. The minimum absolute atomic E-state index is 0.0164. The summed E-state index contributed by atoms with van der Waals surface area (Å²) in [5.41, 5.74) is 3.16. The van der Waals surface area contributed by atoms with Gasteiger partial charge in [-0.15, -0.1) is 11.3 Å².